The number of benzene rings is 1. The van der Waals surface area contributed by atoms with Crippen molar-refractivity contribution in [3.8, 4) is 0 Å². The summed E-state index contributed by atoms with van der Waals surface area (Å²) in [4.78, 5) is 28.9. The highest BCUT2D eigenvalue weighted by atomic mass is 79.9. The van der Waals surface area contributed by atoms with E-state index >= 15 is 0 Å². The second-order valence-corrected chi connectivity index (χ2v) is 9.12. The third-order valence-electron chi connectivity index (χ3n) is 5.16. The number of carbonyl (C=O) groups excluding carboxylic acids is 2. The minimum absolute atomic E-state index is 0.0285. The average Bonchev–Trinajstić information content (AvgIpc) is 2.96. The summed E-state index contributed by atoms with van der Waals surface area (Å²) < 4.78 is 35.6. The standard InChI is InChI=1S/C19H21BrF2N4O3/c1-19(2,3)29-18(28)24-6-7-25-10(9-24)4-5-26-15-11(17(25)27)8-12(21)14(20)13(15)16(22)23-26/h8,10H,4-7,9H2,1-3H3/t10-/m0/s1. The molecule has 7 nitrogen and oxygen atoms in total. The van der Waals surface area contributed by atoms with E-state index in [0.29, 0.717) is 32.6 Å². The van der Waals surface area contributed by atoms with Crippen molar-refractivity contribution >= 4 is 38.8 Å². The smallest absolute Gasteiger partial charge is 0.410 e. The second kappa shape index (κ2) is 6.93. The van der Waals surface area contributed by atoms with Crippen LogP contribution in [-0.2, 0) is 11.3 Å². The number of hydrogen-bond acceptors (Lipinski definition) is 4. The molecular weight excluding hydrogens is 450 g/mol. The van der Waals surface area contributed by atoms with Gasteiger partial charge in [-0.2, -0.15) is 4.39 Å². The van der Waals surface area contributed by atoms with Gasteiger partial charge in [-0.25, -0.2) is 9.18 Å². The SMILES string of the molecule is CC(C)(C)OC(=O)N1CCN2C(=O)c3cc(F)c(Br)c4c(F)nn(c34)CC[C@H]2C1. The minimum atomic E-state index is -0.823. The average molecular weight is 471 g/mol. The van der Waals surface area contributed by atoms with Crippen molar-refractivity contribution in [2.75, 3.05) is 19.6 Å². The van der Waals surface area contributed by atoms with Gasteiger partial charge in [0.25, 0.3) is 5.91 Å². The number of aryl methyl sites for hydroxylation is 1. The van der Waals surface area contributed by atoms with E-state index in [2.05, 4.69) is 21.0 Å². The molecule has 0 saturated carbocycles. The van der Waals surface area contributed by atoms with E-state index in [1.54, 1.807) is 30.6 Å². The summed E-state index contributed by atoms with van der Waals surface area (Å²) in [5, 5.41) is 3.85. The van der Waals surface area contributed by atoms with Crippen LogP contribution in [-0.4, -0.2) is 62.9 Å². The highest BCUT2D eigenvalue weighted by Crippen LogP contribution is 2.34. The zero-order valence-corrected chi connectivity index (χ0v) is 17.9. The molecule has 2 aliphatic heterocycles. The van der Waals surface area contributed by atoms with Crippen molar-refractivity contribution < 1.29 is 23.1 Å². The number of piperazine rings is 1. The number of rotatable bonds is 0. The maximum atomic E-state index is 14.4. The molecule has 0 bridgehead atoms. The van der Waals surface area contributed by atoms with Gasteiger partial charge < -0.3 is 14.5 Å². The molecule has 1 aromatic carbocycles. The highest BCUT2D eigenvalue weighted by Gasteiger charge is 2.37. The summed E-state index contributed by atoms with van der Waals surface area (Å²) in [7, 11) is 0. The van der Waals surface area contributed by atoms with Crippen LogP contribution in [0.5, 0.6) is 0 Å². The molecule has 0 spiro atoms. The molecule has 0 unspecified atom stereocenters. The molecule has 1 aromatic heterocycles. The molecule has 29 heavy (non-hydrogen) atoms. The van der Waals surface area contributed by atoms with Crippen LogP contribution in [0.2, 0.25) is 0 Å². The van der Waals surface area contributed by atoms with E-state index in [1.165, 1.54) is 4.68 Å². The van der Waals surface area contributed by atoms with Crippen molar-refractivity contribution in [1.29, 1.82) is 0 Å². The van der Waals surface area contributed by atoms with Crippen LogP contribution in [0.1, 0.15) is 37.6 Å². The first-order chi connectivity index (χ1) is 13.6. The number of amides is 2. The van der Waals surface area contributed by atoms with Crippen LogP contribution < -0.4 is 0 Å². The predicted octanol–water partition coefficient (Wildman–Crippen LogP) is 3.54. The number of hydrogen-bond donors (Lipinski definition) is 0. The van der Waals surface area contributed by atoms with E-state index in [4.69, 9.17) is 4.74 Å². The van der Waals surface area contributed by atoms with Crippen LogP contribution >= 0.6 is 15.9 Å². The Morgan fingerprint density at radius 3 is 2.69 bits per heavy atom. The Hall–Kier alpha value is -2.23. The van der Waals surface area contributed by atoms with Gasteiger partial charge in [-0.3, -0.25) is 9.48 Å². The first-order valence-corrected chi connectivity index (χ1v) is 10.2. The van der Waals surface area contributed by atoms with Crippen LogP contribution in [0, 0.1) is 11.8 Å². The highest BCUT2D eigenvalue weighted by molar-refractivity contribution is 9.10. The monoisotopic (exact) mass is 470 g/mol. The molecule has 1 saturated heterocycles. The molecule has 1 atom stereocenters. The molecule has 4 rings (SSSR count). The second-order valence-electron chi connectivity index (χ2n) is 8.32. The van der Waals surface area contributed by atoms with Crippen molar-refractivity contribution in [2.24, 2.45) is 0 Å². The molecule has 156 valence electrons. The number of ether oxygens (including phenoxy) is 1. The van der Waals surface area contributed by atoms with Gasteiger partial charge in [-0.1, -0.05) is 0 Å². The lowest BCUT2D eigenvalue weighted by molar-refractivity contribution is 0.00274. The Morgan fingerprint density at radius 2 is 2.00 bits per heavy atom. The first kappa shape index (κ1) is 20.1. The van der Waals surface area contributed by atoms with Crippen LogP contribution in [0.4, 0.5) is 13.6 Å². The number of nitrogens with zero attached hydrogens (tertiary/aromatic N) is 4. The number of halogens is 3. The molecule has 0 N–H and O–H groups in total. The fourth-order valence-electron chi connectivity index (χ4n) is 3.89. The molecule has 10 heteroatoms. The van der Waals surface area contributed by atoms with Crippen molar-refractivity contribution in [2.45, 2.75) is 45.4 Å². The Labute approximate surface area is 174 Å². The van der Waals surface area contributed by atoms with E-state index in [-0.39, 0.29) is 27.0 Å². The Kier molecular flexibility index (Phi) is 4.79. The van der Waals surface area contributed by atoms with Gasteiger partial charge in [0.1, 0.15) is 11.4 Å². The lowest BCUT2D eigenvalue weighted by atomic mass is 10.0. The quantitative estimate of drug-likeness (QED) is 0.590. The topological polar surface area (TPSA) is 67.7 Å². The normalized spacial score (nSPS) is 19.8. The molecule has 1 fully saturated rings. The van der Waals surface area contributed by atoms with E-state index < -0.39 is 29.4 Å². The summed E-state index contributed by atoms with van der Waals surface area (Å²) >= 11 is 3.06. The van der Waals surface area contributed by atoms with E-state index in [0.717, 1.165) is 6.07 Å². The van der Waals surface area contributed by atoms with Gasteiger partial charge in [0.05, 0.1) is 27.0 Å². The van der Waals surface area contributed by atoms with Crippen LogP contribution in [0.3, 0.4) is 0 Å². The van der Waals surface area contributed by atoms with Gasteiger partial charge in [-0.15, -0.1) is 5.10 Å². The van der Waals surface area contributed by atoms with Crippen molar-refractivity contribution in [1.82, 2.24) is 19.6 Å². The summed E-state index contributed by atoms with van der Waals surface area (Å²) in [6.45, 7) is 6.61. The van der Waals surface area contributed by atoms with E-state index in [1.807, 2.05) is 0 Å². The first-order valence-electron chi connectivity index (χ1n) is 9.39. The Morgan fingerprint density at radius 1 is 1.28 bits per heavy atom. The van der Waals surface area contributed by atoms with Gasteiger partial charge in [-0.05, 0) is 49.2 Å². The molecule has 3 heterocycles. The molecule has 2 aliphatic rings. The molecule has 2 aromatic rings. The molecule has 0 radical (unpaired) electrons. The lowest BCUT2D eigenvalue weighted by Crippen LogP contribution is -2.57. The zero-order valence-electron chi connectivity index (χ0n) is 16.3. The number of fused-ring (bicyclic) bond motifs is 1. The predicted molar refractivity (Wildman–Crippen MR) is 105 cm³/mol. The van der Waals surface area contributed by atoms with Crippen LogP contribution in [0.25, 0.3) is 10.9 Å². The fourth-order valence-corrected chi connectivity index (χ4v) is 4.36. The number of carbonyl (C=O) groups is 2. The maximum Gasteiger partial charge on any atom is 0.410 e. The Bertz CT molecular complexity index is 1020. The summed E-state index contributed by atoms with van der Waals surface area (Å²) in [5.41, 5.74) is -0.256. The van der Waals surface area contributed by atoms with Crippen molar-refractivity contribution in [3.05, 3.63) is 27.9 Å². The summed E-state index contributed by atoms with van der Waals surface area (Å²) in [5.74, 6) is -1.93. The van der Waals surface area contributed by atoms with Gasteiger partial charge in [0, 0.05) is 26.2 Å². The van der Waals surface area contributed by atoms with Gasteiger partial charge >= 0.3 is 6.09 Å². The van der Waals surface area contributed by atoms with Crippen molar-refractivity contribution in [3.63, 3.8) is 0 Å². The zero-order chi connectivity index (χ0) is 21.1. The molecular formula is C19H21BrF2N4O3. The van der Waals surface area contributed by atoms with E-state index in [9.17, 15) is 18.4 Å². The third kappa shape index (κ3) is 3.47. The summed E-state index contributed by atoms with van der Waals surface area (Å²) in [6.07, 6.45) is 0.0462. The lowest BCUT2D eigenvalue weighted by Gasteiger charge is -2.42. The van der Waals surface area contributed by atoms with Gasteiger partial charge in [0.2, 0.25) is 5.95 Å². The maximum absolute atomic E-state index is 14.4. The minimum Gasteiger partial charge on any atom is -0.444 e. The number of aromatic nitrogens is 2. The Balaban J connectivity index is 1.68. The van der Waals surface area contributed by atoms with Gasteiger partial charge in [0.15, 0.2) is 0 Å². The largest absolute Gasteiger partial charge is 0.444 e. The fraction of sp³-hybridized carbons (Fsp3) is 0.526. The third-order valence-corrected chi connectivity index (χ3v) is 5.94. The van der Waals surface area contributed by atoms with Crippen LogP contribution in [0.15, 0.2) is 10.5 Å². The molecule has 2 amide bonds. The summed E-state index contributed by atoms with van der Waals surface area (Å²) in [6, 6.07) is 0.820. The molecule has 0 aliphatic carbocycles.